The number of hydrogen-bond acceptors (Lipinski definition) is 2. The van der Waals surface area contributed by atoms with Crippen LogP contribution in [0.4, 0.5) is 0 Å². The molecule has 1 aromatic rings. The summed E-state index contributed by atoms with van der Waals surface area (Å²) in [5.41, 5.74) is 1.03. The van der Waals surface area contributed by atoms with Crippen molar-refractivity contribution < 1.29 is 9.84 Å². The zero-order valence-electron chi connectivity index (χ0n) is 9.23. The summed E-state index contributed by atoms with van der Waals surface area (Å²) in [7, 11) is 0. The Bertz CT molecular complexity index is 209. The van der Waals surface area contributed by atoms with Crippen molar-refractivity contribution in [1.29, 1.82) is 0 Å². The minimum Gasteiger partial charge on any atom is -0.393 e. The Hall–Kier alpha value is -0.860. The van der Waals surface area contributed by atoms with E-state index in [1.165, 1.54) is 0 Å². The van der Waals surface area contributed by atoms with Crippen LogP contribution in [0.3, 0.4) is 0 Å². The molecule has 0 spiro atoms. The monoisotopic (exact) mass is 196 g/mol. The fourth-order valence-corrected chi connectivity index (χ4v) is 1.12. The van der Waals surface area contributed by atoms with E-state index in [9.17, 15) is 0 Å². The van der Waals surface area contributed by atoms with E-state index in [0.29, 0.717) is 6.61 Å². The van der Waals surface area contributed by atoms with E-state index in [1.807, 2.05) is 51.1 Å². The molecule has 2 nitrogen and oxygen atoms in total. The number of benzene rings is 1. The van der Waals surface area contributed by atoms with E-state index < -0.39 is 0 Å². The molecule has 80 valence electrons. The number of aliphatic hydroxyl groups excluding tert-OH is 1. The van der Waals surface area contributed by atoms with Crippen molar-refractivity contribution in [3.8, 4) is 0 Å². The third-order valence-electron chi connectivity index (χ3n) is 1.71. The lowest BCUT2D eigenvalue weighted by Gasteiger charge is -2.13. The molecular weight excluding hydrogens is 176 g/mol. The predicted octanol–water partition coefficient (Wildman–Crippen LogP) is 2.78. The van der Waals surface area contributed by atoms with Gasteiger partial charge in [0.2, 0.25) is 0 Å². The molecule has 0 aromatic heterocycles. The van der Waals surface area contributed by atoms with Gasteiger partial charge in [0.05, 0.1) is 6.61 Å². The van der Waals surface area contributed by atoms with E-state index in [1.54, 1.807) is 0 Å². The zero-order valence-corrected chi connectivity index (χ0v) is 9.23. The second-order valence-electron chi connectivity index (χ2n) is 2.54. The first kappa shape index (κ1) is 13.1. The van der Waals surface area contributed by atoms with E-state index in [0.717, 1.165) is 5.56 Å². The average molecular weight is 196 g/mol. The van der Waals surface area contributed by atoms with Crippen molar-refractivity contribution in [2.45, 2.75) is 26.9 Å². The maximum absolute atomic E-state index is 8.99. The highest BCUT2D eigenvalue weighted by Gasteiger charge is 2.07. The van der Waals surface area contributed by atoms with Crippen LogP contribution in [0.15, 0.2) is 30.3 Å². The number of aliphatic hydroxyl groups is 1. The molecule has 0 amide bonds. The summed E-state index contributed by atoms with van der Waals surface area (Å²) >= 11 is 0. The van der Waals surface area contributed by atoms with Crippen LogP contribution in [0.5, 0.6) is 0 Å². The average Bonchev–Trinajstić information content (AvgIpc) is 2.30. The van der Waals surface area contributed by atoms with Crippen LogP contribution in [0.1, 0.15) is 32.4 Å². The first-order chi connectivity index (χ1) is 6.88. The van der Waals surface area contributed by atoms with Gasteiger partial charge in [0, 0.05) is 6.61 Å². The quantitative estimate of drug-likeness (QED) is 0.802. The number of ether oxygens (including phenoxy) is 1. The van der Waals surface area contributed by atoms with Crippen LogP contribution in [0, 0.1) is 0 Å². The summed E-state index contributed by atoms with van der Waals surface area (Å²) in [4.78, 5) is 0. The molecule has 2 heteroatoms. The van der Waals surface area contributed by atoms with Gasteiger partial charge in [-0.2, -0.15) is 0 Å². The topological polar surface area (TPSA) is 29.5 Å². The molecule has 0 fully saturated rings. The van der Waals surface area contributed by atoms with E-state index in [-0.39, 0.29) is 12.7 Å². The molecule has 1 aromatic carbocycles. The second kappa shape index (κ2) is 8.73. The molecule has 1 unspecified atom stereocenters. The standard InChI is InChI=1S/C10H14O2.C2H6/c1-2-12-10(8-11)9-6-4-3-5-7-9;1-2/h3-7,10-11H,2,8H2,1H3;1-2H3. The molecule has 0 saturated heterocycles. The molecule has 0 heterocycles. The molecule has 0 aliphatic carbocycles. The van der Waals surface area contributed by atoms with Crippen molar-refractivity contribution in [2.75, 3.05) is 13.2 Å². The normalized spacial score (nSPS) is 11.4. The smallest absolute Gasteiger partial charge is 0.105 e. The second-order valence-corrected chi connectivity index (χ2v) is 2.54. The van der Waals surface area contributed by atoms with E-state index in [2.05, 4.69) is 0 Å². The lowest BCUT2D eigenvalue weighted by Crippen LogP contribution is -2.08. The fraction of sp³-hybridized carbons (Fsp3) is 0.500. The summed E-state index contributed by atoms with van der Waals surface area (Å²) in [6, 6.07) is 9.74. The van der Waals surface area contributed by atoms with Crippen molar-refractivity contribution in [3.63, 3.8) is 0 Å². The summed E-state index contributed by atoms with van der Waals surface area (Å²) in [6.07, 6.45) is -0.170. The molecule has 1 N–H and O–H groups in total. The van der Waals surface area contributed by atoms with Gasteiger partial charge < -0.3 is 9.84 Å². The lowest BCUT2D eigenvalue weighted by atomic mass is 10.1. The van der Waals surface area contributed by atoms with Crippen molar-refractivity contribution >= 4 is 0 Å². The summed E-state index contributed by atoms with van der Waals surface area (Å²) in [5.74, 6) is 0. The van der Waals surface area contributed by atoms with Gasteiger partial charge in [-0.15, -0.1) is 0 Å². The third-order valence-corrected chi connectivity index (χ3v) is 1.71. The highest BCUT2D eigenvalue weighted by molar-refractivity contribution is 5.17. The van der Waals surface area contributed by atoms with Gasteiger partial charge in [-0.3, -0.25) is 0 Å². The molecule has 1 atom stereocenters. The van der Waals surface area contributed by atoms with Crippen LogP contribution < -0.4 is 0 Å². The summed E-state index contributed by atoms with van der Waals surface area (Å²) in [6.45, 7) is 6.59. The van der Waals surface area contributed by atoms with Gasteiger partial charge in [-0.1, -0.05) is 44.2 Å². The van der Waals surface area contributed by atoms with Crippen LogP contribution >= 0.6 is 0 Å². The van der Waals surface area contributed by atoms with Crippen LogP contribution in [0.2, 0.25) is 0 Å². The Balaban J connectivity index is 0.000000791. The maximum atomic E-state index is 8.99. The SMILES string of the molecule is CC.CCOC(CO)c1ccccc1. The van der Waals surface area contributed by atoms with Gasteiger partial charge >= 0.3 is 0 Å². The van der Waals surface area contributed by atoms with Gasteiger partial charge in [0.25, 0.3) is 0 Å². The van der Waals surface area contributed by atoms with Crippen molar-refractivity contribution in [1.82, 2.24) is 0 Å². The number of rotatable bonds is 4. The minimum absolute atomic E-state index is 0.0395. The minimum atomic E-state index is -0.170. The molecule has 1 rings (SSSR count). The molecule has 0 radical (unpaired) electrons. The highest BCUT2D eigenvalue weighted by atomic mass is 16.5. The summed E-state index contributed by atoms with van der Waals surface area (Å²) in [5, 5.41) is 8.99. The molecule has 0 bridgehead atoms. The van der Waals surface area contributed by atoms with Gasteiger partial charge in [0.1, 0.15) is 6.10 Å². The largest absolute Gasteiger partial charge is 0.393 e. The molecule has 0 saturated carbocycles. The maximum Gasteiger partial charge on any atom is 0.105 e. The molecule has 0 aliphatic heterocycles. The first-order valence-corrected chi connectivity index (χ1v) is 5.16. The third kappa shape index (κ3) is 4.40. The molecule has 0 aliphatic rings. The Kier molecular flexibility index (Phi) is 8.19. The first-order valence-electron chi connectivity index (χ1n) is 5.16. The predicted molar refractivity (Wildman–Crippen MR) is 59.2 cm³/mol. The molecule has 14 heavy (non-hydrogen) atoms. The van der Waals surface area contributed by atoms with Crippen LogP contribution in [-0.4, -0.2) is 18.3 Å². The van der Waals surface area contributed by atoms with Gasteiger partial charge in [0.15, 0.2) is 0 Å². The molecular formula is C12H20O2. The highest BCUT2D eigenvalue weighted by Crippen LogP contribution is 2.15. The van der Waals surface area contributed by atoms with Crippen molar-refractivity contribution in [3.05, 3.63) is 35.9 Å². The van der Waals surface area contributed by atoms with Gasteiger partial charge in [-0.25, -0.2) is 0 Å². The summed E-state index contributed by atoms with van der Waals surface area (Å²) < 4.78 is 5.33. The Labute approximate surface area is 86.5 Å². The Morgan fingerprint density at radius 2 is 1.79 bits per heavy atom. The fourth-order valence-electron chi connectivity index (χ4n) is 1.12. The zero-order chi connectivity index (χ0) is 10.8. The van der Waals surface area contributed by atoms with Crippen LogP contribution in [-0.2, 0) is 4.74 Å². The Morgan fingerprint density at radius 3 is 2.21 bits per heavy atom. The lowest BCUT2D eigenvalue weighted by molar-refractivity contribution is 0.0189. The van der Waals surface area contributed by atoms with Crippen molar-refractivity contribution in [2.24, 2.45) is 0 Å². The van der Waals surface area contributed by atoms with E-state index >= 15 is 0 Å². The van der Waals surface area contributed by atoms with Gasteiger partial charge in [-0.05, 0) is 12.5 Å². The van der Waals surface area contributed by atoms with E-state index in [4.69, 9.17) is 9.84 Å². The number of hydrogen-bond donors (Lipinski definition) is 1. The Morgan fingerprint density at radius 1 is 1.21 bits per heavy atom. The van der Waals surface area contributed by atoms with Crippen LogP contribution in [0.25, 0.3) is 0 Å².